The van der Waals surface area contributed by atoms with Crippen molar-refractivity contribution in [1.82, 2.24) is 24.9 Å². The number of hydrogen-bond donors (Lipinski definition) is 1. The van der Waals surface area contributed by atoms with Crippen molar-refractivity contribution in [3.05, 3.63) is 18.0 Å². The number of hydrogen-bond acceptors (Lipinski definition) is 4. The van der Waals surface area contributed by atoms with E-state index in [1.807, 2.05) is 24.0 Å². The zero-order valence-electron chi connectivity index (χ0n) is 13.5. The monoisotopic (exact) mass is 293 g/mol. The topological polar surface area (TPSA) is 53.4 Å². The van der Waals surface area contributed by atoms with Crippen LogP contribution < -0.4 is 5.32 Å². The highest BCUT2D eigenvalue weighted by atomic mass is 16.1. The van der Waals surface area contributed by atoms with Crippen LogP contribution in [0.2, 0.25) is 0 Å². The number of aromatic nitrogens is 2. The molecule has 1 amide bonds. The van der Waals surface area contributed by atoms with E-state index in [9.17, 15) is 4.79 Å². The van der Waals surface area contributed by atoms with Crippen LogP contribution in [0.1, 0.15) is 12.0 Å². The van der Waals surface area contributed by atoms with Crippen LogP contribution in [0, 0.1) is 12.8 Å². The first-order valence-corrected chi connectivity index (χ1v) is 7.55. The minimum absolute atomic E-state index is 0.118. The maximum atomic E-state index is 12.1. The lowest BCUT2D eigenvalue weighted by atomic mass is 10.0. The Hall–Kier alpha value is -1.40. The lowest BCUT2D eigenvalue weighted by Crippen LogP contribution is -2.43. The van der Waals surface area contributed by atoms with E-state index in [2.05, 4.69) is 41.4 Å². The average molecular weight is 293 g/mol. The second kappa shape index (κ2) is 7.04. The van der Waals surface area contributed by atoms with Gasteiger partial charge in [0.1, 0.15) is 0 Å². The van der Waals surface area contributed by atoms with Crippen LogP contribution in [-0.4, -0.2) is 72.3 Å². The largest absolute Gasteiger partial charge is 0.352 e. The molecule has 6 nitrogen and oxygen atoms in total. The van der Waals surface area contributed by atoms with Gasteiger partial charge in [-0.3, -0.25) is 9.48 Å². The quantitative estimate of drug-likeness (QED) is 0.813. The van der Waals surface area contributed by atoms with E-state index >= 15 is 0 Å². The standard InChI is InChI=1S/C15H27N5O/c1-12-7-16-20(8-12)6-5-15(21)17-14-11-19(4)10-13(14)9-18(2)3/h7-8,13-14H,5-6,9-11H2,1-4H3,(H,17,21)/t13-,14-/m1/s1. The molecule has 1 aliphatic heterocycles. The summed E-state index contributed by atoms with van der Waals surface area (Å²) in [7, 11) is 6.27. The third-order valence-corrected chi connectivity index (χ3v) is 3.90. The molecule has 0 bridgehead atoms. The minimum Gasteiger partial charge on any atom is -0.352 e. The van der Waals surface area contributed by atoms with Gasteiger partial charge in [-0.1, -0.05) is 0 Å². The summed E-state index contributed by atoms with van der Waals surface area (Å²) in [5.41, 5.74) is 1.12. The number of carbonyl (C=O) groups is 1. The van der Waals surface area contributed by atoms with E-state index in [1.54, 1.807) is 0 Å². The van der Waals surface area contributed by atoms with E-state index < -0.39 is 0 Å². The zero-order chi connectivity index (χ0) is 15.4. The van der Waals surface area contributed by atoms with Crippen LogP contribution in [0.5, 0.6) is 0 Å². The van der Waals surface area contributed by atoms with Gasteiger partial charge in [0.05, 0.1) is 6.20 Å². The van der Waals surface area contributed by atoms with Gasteiger partial charge in [0.25, 0.3) is 0 Å². The van der Waals surface area contributed by atoms with Gasteiger partial charge >= 0.3 is 0 Å². The fourth-order valence-corrected chi connectivity index (χ4v) is 2.99. The molecule has 0 aliphatic carbocycles. The van der Waals surface area contributed by atoms with Gasteiger partial charge in [-0.15, -0.1) is 0 Å². The first kappa shape index (κ1) is 16.0. The summed E-state index contributed by atoms with van der Waals surface area (Å²) in [5.74, 6) is 0.619. The van der Waals surface area contributed by atoms with Crippen LogP contribution in [0.25, 0.3) is 0 Å². The van der Waals surface area contributed by atoms with Gasteiger partial charge in [0.15, 0.2) is 0 Å². The molecule has 2 heterocycles. The summed E-state index contributed by atoms with van der Waals surface area (Å²) in [6.07, 6.45) is 4.26. The number of amides is 1. The Morgan fingerprint density at radius 3 is 2.86 bits per heavy atom. The lowest BCUT2D eigenvalue weighted by molar-refractivity contribution is -0.122. The Morgan fingerprint density at radius 2 is 2.24 bits per heavy atom. The molecule has 118 valence electrons. The Labute approximate surface area is 127 Å². The van der Waals surface area contributed by atoms with E-state index in [0.717, 1.165) is 25.2 Å². The molecular weight excluding hydrogens is 266 g/mol. The third-order valence-electron chi connectivity index (χ3n) is 3.90. The van der Waals surface area contributed by atoms with Crippen LogP contribution in [-0.2, 0) is 11.3 Å². The molecule has 1 aliphatic rings. The SMILES string of the molecule is Cc1cnn(CCC(=O)N[C@@H]2CN(C)C[C@H]2CN(C)C)c1. The molecule has 2 atom stereocenters. The van der Waals surface area contributed by atoms with Crippen molar-refractivity contribution in [2.24, 2.45) is 5.92 Å². The van der Waals surface area contributed by atoms with Crippen LogP contribution in [0.4, 0.5) is 0 Å². The maximum absolute atomic E-state index is 12.1. The van der Waals surface area contributed by atoms with Crippen molar-refractivity contribution < 1.29 is 4.79 Å². The second-order valence-electron chi connectivity index (χ2n) is 6.45. The predicted octanol–water partition coefficient (Wildman–Crippen LogP) is 0.190. The van der Waals surface area contributed by atoms with Crippen molar-refractivity contribution in [3.63, 3.8) is 0 Å². The molecule has 21 heavy (non-hydrogen) atoms. The molecule has 0 saturated carbocycles. The van der Waals surface area contributed by atoms with Crippen molar-refractivity contribution in [3.8, 4) is 0 Å². The van der Waals surface area contributed by atoms with Gasteiger partial charge in [0, 0.05) is 50.8 Å². The predicted molar refractivity (Wildman–Crippen MR) is 83.1 cm³/mol. The highest BCUT2D eigenvalue weighted by Crippen LogP contribution is 2.16. The van der Waals surface area contributed by atoms with Crippen molar-refractivity contribution in [1.29, 1.82) is 0 Å². The Kier molecular flexibility index (Phi) is 5.36. The molecule has 1 fully saturated rings. The lowest BCUT2D eigenvalue weighted by Gasteiger charge is -2.23. The summed E-state index contributed by atoms with van der Waals surface area (Å²) in [5, 5.41) is 7.40. The van der Waals surface area contributed by atoms with Crippen molar-refractivity contribution in [2.45, 2.75) is 25.9 Å². The molecule has 0 aromatic carbocycles. The maximum Gasteiger partial charge on any atom is 0.222 e. The summed E-state index contributed by atoms with van der Waals surface area (Å²) in [6.45, 7) is 5.63. The highest BCUT2D eigenvalue weighted by molar-refractivity contribution is 5.76. The van der Waals surface area contributed by atoms with Crippen LogP contribution in [0.3, 0.4) is 0 Å². The van der Waals surface area contributed by atoms with Crippen LogP contribution >= 0.6 is 0 Å². The molecule has 6 heteroatoms. The van der Waals surface area contributed by atoms with Gasteiger partial charge in [-0.2, -0.15) is 5.10 Å². The summed E-state index contributed by atoms with van der Waals surface area (Å²) in [4.78, 5) is 16.6. The first-order valence-electron chi connectivity index (χ1n) is 7.55. The number of likely N-dealkylation sites (N-methyl/N-ethyl adjacent to an activating group) is 1. The molecule has 2 rings (SSSR count). The molecule has 0 spiro atoms. The molecule has 0 unspecified atom stereocenters. The van der Waals surface area contributed by atoms with E-state index in [4.69, 9.17) is 0 Å². The Bertz CT molecular complexity index is 470. The fourth-order valence-electron chi connectivity index (χ4n) is 2.99. The number of nitrogens with one attached hydrogen (secondary N) is 1. The number of likely N-dealkylation sites (tertiary alicyclic amines) is 1. The minimum atomic E-state index is 0.118. The molecule has 1 aromatic rings. The number of rotatable bonds is 6. The van der Waals surface area contributed by atoms with Gasteiger partial charge in [-0.25, -0.2) is 0 Å². The van der Waals surface area contributed by atoms with Crippen molar-refractivity contribution >= 4 is 5.91 Å². The Morgan fingerprint density at radius 1 is 1.48 bits per heavy atom. The highest BCUT2D eigenvalue weighted by Gasteiger charge is 2.31. The Balaban J connectivity index is 1.80. The van der Waals surface area contributed by atoms with E-state index in [1.165, 1.54) is 0 Å². The summed E-state index contributed by atoms with van der Waals surface area (Å²) >= 11 is 0. The molecule has 0 radical (unpaired) electrons. The average Bonchev–Trinajstić information content (AvgIpc) is 2.93. The normalized spacial score (nSPS) is 22.9. The van der Waals surface area contributed by atoms with E-state index in [0.29, 0.717) is 18.9 Å². The second-order valence-corrected chi connectivity index (χ2v) is 6.45. The molecule has 1 aromatic heterocycles. The summed E-state index contributed by atoms with van der Waals surface area (Å²) in [6, 6.07) is 0.254. The van der Waals surface area contributed by atoms with Crippen LogP contribution in [0.15, 0.2) is 12.4 Å². The molecule has 1 N–H and O–H groups in total. The van der Waals surface area contributed by atoms with Gasteiger partial charge < -0.3 is 15.1 Å². The number of carbonyl (C=O) groups excluding carboxylic acids is 1. The third kappa shape index (κ3) is 4.82. The smallest absolute Gasteiger partial charge is 0.222 e. The number of nitrogens with zero attached hydrogens (tertiary/aromatic N) is 4. The first-order chi connectivity index (χ1) is 9.94. The number of aryl methyl sites for hydroxylation is 2. The van der Waals surface area contributed by atoms with Gasteiger partial charge in [0.2, 0.25) is 5.91 Å². The van der Waals surface area contributed by atoms with E-state index in [-0.39, 0.29) is 11.9 Å². The van der Waals surface area contributed by atoms with Gasteiger partial charge in [-0.05, 0) is 33.6 Å². The van der Waals surface area contributed by atoms with Crippen molar-refractivity contribution in [2.75, 3.05) is 40.8 Å². The fraction of sp³-hybridized carbons (Fsp3) is 0.733. The zero-order valence-corrected chi connectivity index (χ0v) is 13.5. The summed E-state index contributed by atoms with van der Waals surface area (Å²) < 4.78 is 1.83. The molecular formula is C15H27N5O. The molecule has 1 saturated heterocycles.